The summed E-state index contributed by atoms with van der Waals surface area (Å²) >= 11 is 0. The van der Waals surface area contributed by atoms with Gasteiger partial charge in [-0.15, -0.1) is 12.4 Å². The highest BCUT2D eigenvalue weighted by Crippen LogP contribution is 2.24. The molecule has 20 heavy (non-hydrogen) atoms. The predicted molar refractivity (Wildman–Crippen MR) is 80.6 cm³/mol. The van der Waals surface area contributed by atoms with Crippen molar-refractivity contribution >= 4 is 24.0 Å². The zero-order valence-corrected chi connectivity index (χ0v) is 12.4. The number of hydrogen-bond donors (Lipinski definition) is 2. The molecule has 2 rings (SSSR count). The highest BCUT2D eigenvalue weighted by atomic mass is 35.5. The molecule has 2 N–H and O–H groups in total. The van der Waals surface area contributed by atoms with Crippen LogP contribution in [0.15, 0.2) is 18.2 Å². The fourth-order valence-electron chi connectivity index (χ4n) is 1.90. The van der Waals surface area contributed by atoms with Crippen LogP contribution < -0.4 is 15.4 Å². The monoisotopic (exact) mass is 300 g/mol. The van der Waals surface area contributed by atoms with Crippen molar-refractivity contribution in [3.05, 3.63) is 23.8 Å². The largest absolute Gasteiger partial charge is 0.492 e. The van der Waals surface area contributed by atoms with Gasteiger partial charge in [0.05, 0.1) is 0 Å². The molecule has 0 saturated heterocycles. The average Bonchev–Trinajstić information content (AvgIpc) is 2.63. The van der Waals surface area contributed by atoms with Gasteiger partial charge in [0.2, 0.25) is 5.91 Å². The zero-order valence-electron chi connectivity index (χ0n) is 11.6. The topological polar surface area (TPSA) is 59.6 Å². The van der Waals surface area contributed by atoms with Gasteiger partial charge in [0, 0.05) is 30.9 Å². The maximum Gasteiger partial charge on any atom is 0.250 e. The number of carbonyl (C=O) groups is 1. The van der Waals surface area contributed by atoms with E-state index in [0.717, 1.165) is 36.5 Å². The van der Waals surface area contributed by atoms with Crippen molar-refractivity contribution in [3.8, 4) is 5.75 Å². The van der Waals surface area contributed by atoms with Crippen molar-refractivity contribution in [2.45, 2.75) is 19.9 Å². The van der Waals surface area contributed by atoms with Gasteiger partial charge in [0.1, 0.15) is 19.0 Å². The summed E-state index contributed by atoms with van der Waals surface area (Å²) in [5.74, 6) is 0.751. The Bertz CT molecular complexity index is 440. The van der Waals surface area contributed by atoms with E-state index < -0.39 is 0 Å². The molecular weight excluding hydrogens is 280 g/mol. The van der Waals surface area contributed by atoms with E-state index in [1.54, 1.807) is 0 Å². The predicted octanol–water partition coefficient (Wildman–Crippen LogP) is 1.96. The van der Waals surface area contributed by atoms with Crippen LogP contribution in [0.5, 0.6) is 5.75 Å². The van der Waals surface area contributed by atoms with Gasteiger partial charge < -0.3 is 20.1 Å². The third-order valence-electron chi connectivity index (χ3n) is 2.78. The summed E-state index contributed by atoms with van der Waals surface area (Å²) in [6.45, 7) is 4.97. The van der Waals surface area contributed by atoms with E-state index in [2.05, 4.69) is 10.6 Å². The number of halogens is 1. The standard InChI is InChI=1S/C14H20N2O3.ClH/c1-2-6-18-10-14(17)16-12-3-4-13-11(8-12)9-15-5-7-19-13;/h3-4,8,15H,2,5-7,9-10H2,1H3,(H,16,17);1H. The molecule has 1 aromatic rings. The molecule has 1 aliphatic rings. The van der Waals surface area contributed by atoms with E-state index in [0.29, 0.717) is 13.2 Å². The van der Waals surface area contributed by atoms with Crippen LogP contribution in [-0.4, -0.2) is 32.3 Å². The third kappa shape index (κ3) is 5.00. The number of nitrogens with one attached hydrogen (secondary N) is 2. The van der Waals surface area contributed by atoms with Gasteiger partial charge in [0.15, 0.2) is 0 Å². The van der Waals surface area contributed by atoms with E-state index in [1.807, 2.05) is 25.1 Å². The molecule has 1 aromatic carbocycles. The molecule has 1 aliphatic heterocycles. The number of fused-ring (bicyclic) bond motifs is 1. The Hall–Kier alpha value is -1.30. The van der Waals surface area contributed by atoms with Crippen LogP contribution in [0.4, 0.5) is 5.69 Å². The molecule has 5 nitrogen and oxygen atoms in total. The summed E-state index contributed by atoms with van der Waals surface area (Å²) in [7, 11) is 0. The number of hydrogen-bond acceptors (Lipinski definition) is 4. The first-order chi connectivity index (χ1) is 9.29. The van der Waals surface area contributed by atoms with Crippen molar-refractivity contribution in [1.29, 1.82) is 0 Å². The lowest BCUT2D eigenvalue weighted by atomic mass is 10.1. The highest BCUT2D eigenvalue weighted by molar-refractivity contribution is 5.91. The van der Waals surface area contributed by atoms with Crippen LogP contribution in [0.25, 0.3) is 0 Å². The quantitative estimate of drug-likeness (QED) is 0.816. The lowest BCUT2D eigenvalue weighted by molar-refractivity contribution is -0.120. The SMILES string of the molecule is CCCOCC(=O)Nc1ccc2c(c1)CNCCO2.Cl. The lowest BCUT2D eigenvalue weighted by Crippen LogP contribution is -2.19. The Morgan fingerprint density at radius 2 is 2.35 bits per heavy atom. The molecule has 0 unspecified atom stereocenters. The van der Waals surface area contributed by atoms with Gasteiger partial charge in [-0.05, 0) is 24.6 Å². The summed E-state index contributed by atoms with van der Waals surface area (Å²) in [5, 5.41) is 6.09. The van der Waals surface area contributed by atoms with Gasteiger partial charge in [0.25, 0.3) is 0 Å². The van der Waals surface area contributed by atoms with Crippen LogP contribution >= 0.6 is 12.4 Å². The summed E-state index contributed by atoms with van der Waals surface area (Å²) in [5.41, 5.74) is 1.83. The molecule has 0 aliphatic carbocycles. The maximum absolute atomic E-state index is 11.6. The molecule has 1 amide bonds. The van der Waals surface area contributed by atoms with Gasteiger partial charge in [-0.3, -0.25) is 4.79 Å². The minimum Gasteiger partial charge on any atom is -0.492 e. The minimum atomic E-state index is -0.129. The van der Waals surface area contributed by atoms with Crippen molar-refractivity contribution in [3.63, 3.8) is 0 Å². The number of rotatable bonds is 5. The van der Waals surface area contributed by atoms with Crippen LogP contribution in [0.3, 0.4) is 0 Å². The van der Waals surface area contributed by atoms with Crippen molar-refractivity contribution < 1.29 is 14.3 Å². The lowest BCUT2D eigenvalue weighted by Gasteiger charge is -2.10. The Balaban J connectivity index is 0.00000200. The fraction of sp³-hybridized carbons (Fsp3) is 0.500. The summed E-state index contributed by atoms with van der Waals surface area (Å²) in [6.07, 6.45) is 0.912. The zero-order chi connectivity index (χ0) is 13.5. The maximum atomic E-state index is 11.6. The molecule has 0 bridgehead atoms. The van der Waals surface area contributed by atoms with Crippen LogP contribution in [0.2, 0.25) is 0 Å². The van der Waals surface area contributed by atoms with Gasteiger partial charge in [-0.25, -0.2) is 0 Å². The molecular formula is C14H21ClN2O3. The molecule has 0 spiro atoms. The first-order valence-electron chi connectivity index (χ1n) is 6.63. The van der Waals surface area contributed by atoms with Crippen LogP contribution in [-0.2, 0) is 16.1 Å². The summed E-state index contributed by atoms with van der Waals surface area (Å²) in [6, 6.07) is 5.68. The Labute approximate surface area is 125 Å². The molecule has 0 saturated carbocycles. The summed E-state index contributed by atoms with van der Waals surface area (Å²) < 4.78 is 10.8. The number of anilines is 1. The van der Waals surface area contributed by atoms with E-state index in [-0.39, 0.29) is 24.9 Å². The molecule has 0 aromatic heterocycles. The second-order valence-electron chi connectivity index (χ2n) is 4.45. The van der Waals surface area contributed by atoms with Crippen molar-refractivity contribution in [1.82, 2.24) is 5.32 Å². The second-order valence-corrected chi connectivity index (χ2v) is 4.45. The molecule has 6 heteroatoms. The molecule has 1 heterocycles. The Morgan fingerprint density at radius 1 is 1.50 bits per heavy atom. The summed E-state index contributed by atoms with van der Waals surface area (Å²) in [4.78, 5) is 11.6. The van der Waals surface area contributed by atoms with E-state index >= 15 is 0 Å². The molecule has 0 radical (unpaired) electrons. The van der Waals surface area contributed by atoms with Crippen LogP contribution in [0.1, 0.15) is 18.9 Å². The molecule has 112 valence electrons. The highest BCUT2D eigenvalue weighted by Gasteiger charge is 2.10. The van der Waals surface area contributed by atoms with E-state index in [1.165, 1.54) is 0 Å². The smallest absolute Gasteiger partial charge is 0.250 e. The minimum absolute atomic E-state index is 0. The van der Waals surface area contributed by atoms with Gasteiger partial charge in [-0.1, -0.05) is 6.92 Å². The first kappa shape index (κ1) is 16.8. The van der Waals surface area contributed by atoms with Crippen molar-refractivity contribution in [2.24, 2.45) is 0 Å². The van der Waals surface area contributed by atoms with Gasteiger partial charge >= 0.3 is 0 Å². The van der Waals surface area contributed by atoms with Gasteiger partial charge in [-0.2, -0.15) is 0 Å². The second kappa shape index (κ2) is 8.79. The normalized spacial score (nSPS) is 13.4. The Morgan fingerprint density at radius 3 is 3.15 bits per heavy atom. The van der Waals surface area contributed by atoms with E-state index in [4.69, 9.17) is 9.47 Å². The van der Waals surface area contributed by atoms with E-state index in [9.17, 15) is 4.79 Å². The number of carbonyl (C=O) groups excluding carboxylic acids is 1. The third-order valence-corrected chi connectivity index (χ3v) is 2.78. The average molecular weight is 301 g/mol. The number of ether oxygens (including phenoxy) is 2. The van der Waals surface area contributed by atoms with Crippen LogP contribution in [0, 0.1) is 0 Å². The molecule has 0 fully saturated rings. The van der Waals surface area contributed by atoms with Crippen molar-refractivity contribution in [2.75, 3.05) is 31.7 Å². The number of benzene rings is 1. The fourth-order valence-corrected chi connectivity index (χ4v) is 1.90. The number of amides is 1. The molecule has 0 atom stereocenters. The first-order valence-corrected chi connectivity index (χ1v) is 6.63. The Kier molecular flexibility index (Phi) is 7.36.